The molecule has 0 radical (unpaired) electrons. The second-order valence-electron chi connectivity index (χ2n) is 6.58. The van der Waals surface area contributed by atoms with E-state index in [1.165, 1.54) is 18.3 Å². The molecule has 1 atom stereocenters. The van der Waals surface area contributed by atoms with Crippen LogP contribution in [0.2, 0.25) is 0 Å². The number of rotatable bonds is 5. The van der Waals surface area contributed by atoms with E-state index in [1.54, 1.807) is 30.3 Å². The Labute approximate surface area is 174 Å². The summed E-state index contributed by atoms with van der Waals surface area (Å²) in [5, 5.41) is 20.2. The van der Waals surface area contributed by atoms with Gasteiger partial charge >= 0.3 is 5.97 Å². The summed E-state index contributed by atoms with van der Waals surface area (Å²) in [5.41, 5.74) is 13.5. The zero-order valence-corrected chi connectivity index (χ0v) is 15.8. The normalized spacial score (nSPS) is 12.0. The number of aliphatic carboxylic acids is 1. The molecule has 9 nitrogen and oxygen atoms in total. The molecule has 4 rings (SSSR count). The van der Waals surface area contributed by atoms with Crippen molar-refractivity contribution in [1.82, 2.24) is 25.2 Å². The number of benzene rings is 2. The van der Waals surface area contributed by atoms with Crippen molar-refractivity contribution in [3.05, 3.63) is 71.9 Å². The number of aromatic nitrogens is 5. The number of hydrogen-bond donors (Lipinski definition) is 3. The second kappa shape index (κ2) is 7.88. The van der Waals surface area contributed by atoms with E-state index >= 15 is 0 Å². The summed E-state index contributed by atoms with van der Waals surface area (Å²) in [7, 11) is 0. The zero-order valence-electron chi connectivity index (χ0n) is 15.8. The summed E-state index contributed by atoms with van der Waals surface area (Å²) < 4.78 is 29.0. The van der Waals surface area contributed by atoms with E-state index in [0.717, 1.165) is 10.7 Å². The molecule has 5 N–H and O–H groups in total. The number of tetrazole rings is 1. The standard InChI is InChI=1S/C20H15F2N7O2/c21-14-2-1-3-15(16(14)22)29-19(26-27-28-29)13-8-12(9-25-18(13)24)10-4-6-11(7-5-10)17(23)20(30)31/h1-9,17H,23H2,(H2,24,25)(H,30,31). The third-order valence-corrected chi connectivity index (χ3v) is 4.66. The molecule has 1 unspecified atom stereocenters. The summed E-state index contributed by atoms with van der Waals surface area (Å²) in [6, 6.07) is 10.7. The first-order chi connectivity index (χ1) is 14.9. The maximum Gasteiger partial charge on any atom is 0.325 e. The van der Waals surface area contributed by atoms with Gasteiger partial charge in [-0.2, -0.15) is 4.68 Å². The first-order valence-corrected chi connectivity index (χ1v) is 8.94. The van der Waals surface area contributed by atoms with Crippen LogP contribution in [0.4, 0.5) is 14.6 Å². The van der Waals surface area contributed by atoms with E-state index in [9.17, 15) is 13.6 Å². The van der Waals surface area contributed by atoms with Crippen LogP contribution in [0, 0.1) is 11.6 Å². The number of nitrogens with zero attached hydrogens (tertiary/aromatic N) is 5. The molecule has 2 aromatic carbocycles. The van der Waals surface area contributed by atoms with Gasteiger partial charge in [-0.3, -0.25) is 4.79 Å². The average Bonchev–Trinajstić information content (AvgIpc) is 3.25. The fraction of sp³-hybridized carbons (Fsp3) is 0.0500. The van der Waals surface area contributed by atoms with E-state index in [1.807, 2.05) is 0 Å². The molecule has 0 amide bonds. The van der Waals surface area contributed by atoms with Crippen LogP contribution in [0.1, 0.15) is 11.6 Å². The van der Waals surface area contributed by atoms with Crippen molar-refractivity contribution in [2.45, 2.75) is 6.04 Å². The van der Waals surface area contributed by atoms with Crippen LogP contribution in [0.3, 0.4) is 0 Å². The Morgan fingerprint density at radius 2 is 1.84 bits per heavy atom. The Morgan fingerprint density at radius 1 is 1.10 bits per heavy atom. The van der Waals surface area contributed by atoms with Crippen molar-refractivity contribution < 1.29 is 18.7 Å². The fourth-order valence-electron chi connectivity index (χ4n) is 3.01. The number of carbonyl (C=O) groups is 1. The number of anilines is 1. The van der Waals surface area contributed by atoms with Gasteiger partial charge in [-0.25, -0.2) is 13.8 Å². The van der Waals surface area contributed by atoms with Crippen LogP contribution < -0.4 is 11.5 Å². The summed E-state index contributed by atoms with van der Waals surface area (Å²) in [6.45, 7) is 0. The van der Waals surface area contributed by atoms with Crippen molar-refractivity contribution in [3.8, 4) is 28.2 Å². The van der Waals surface area contributed by atoms with Gasteiger partial charge in [0.2, 0.25) is 0 Å². The lowest BCUT2D eigenvalue weighted by Gasteiger charge is -2.11. The minimum absolute atomic E-state index is 0.0702. The van der Waals surface area contributed by atoms with Crippen LogP contribution >= 0.6 is 0 Å². The molecule has 0 spiro atoms. The smallest absolute Gasteiger partial charge is 0.325 e. The Bertz CT molecular complexity index is 1280. The monoisotopic (exact) mass is 423 g/mol. The van der Waals surface area contributed by atoms with Gasteiger partial charge in [0.15, 0.2) is 17.5 Å². The van der Waals surface area contributed by atoms with Crippen molar-refractivity contribution in [1.29, 1.82) is 0 Å². The number of pyridine rings is 1. The predicted octanol–water partition coefficient (Wildman–Crippen LogP) is 2.34. The molecule has 0 aliphatic rings. The molecule has 0 aliphatic heterocycles. The summed E-state index contributed by atoms with van der Waals surface area (Å²) in [6.07, 6.45) is 1.52. The van der Waals surface area contributed by atoms with E-state index in [4.69, 9.17) is 16.6 Å². The average molecular weight is 423 g/mol. The van der Waals surface area contributed by atoms with Gasteiger partial charge in [-0.15, -0.1) is 5.10 Å². The minimum Gasteiger partial charge on any atom is -0.480 e. The third-order valence-electron chi connectivity index (χ3n) is 4.66. The molecule has 2 aromatic heterocycles. The number of hydrogen-bond acceptors (Lipinski definition) is 7. The van der Waals surface area contributed by atoms with Crippen LogP contribution in [0.5, 0.6) is 0 Å². The number of nitrogen functional groups attached to an aromatic ring is 1. The van der Waals surface area contributed by atoms with Crippen LogP contribution in [0.25, 0.3) is 28.2 Å². The quantitative estimate of drug-likeness (QED) is 0.443. The SMILES string of the molecule is Nc1ncc(-c2ccc(C(N)C(=O)O)cc2)cc1-c1nnnn1-c1cccc(F)c1F. The maximum atomic E-state index is 14.3. The van der Waals surface area contributed by atoms with Gasteiger partial charge in [0.05, 0.1) is 5.56 Å². The third kappa shape index (κ3) is 3.69. The highest BCUT2D eigenvalue weighted by Gasteiger charge is 2.20. The van der Waals surface area contributed by atoms with Crippen molar-refractivity contribution in [3.63, 3.8) is 0 Å². The molecule has 0 fully saturated rings. The summed E-state index contributed by atoms with van der Waals surface area (Å²) >= 11 is 0. The minimum atomic E-state index is -1.14. The molecule has 0 saturated heterocycles. The number of carboxylic acids is 1. The van der Waals surface area contributed by atoms with E-state index in [0.29, 0.717) is 22.3 Å². The highest BCUT2D eigenvalue weighted by Crippen LogP contribution is 2.30. The lowest BCUT2D eigenvalue weighted by molar-refractivity contribution is -0.138. The van der Waals surface area contributed by atoms with Crippen molar-refractivity contribution >= 4 is 11.8 Å². The number of carboxylic acid groups (broad SMARTS) is 1. The highest BCUT2D eigenvalue weighted by atomic mass is 19.2. The summed E-state index contributed by atoms with van der Waals surface area (Å²) in [5.74, 6) is -3.13. The van der Waals surface area contributed by atoms with E-state index in [-0.39, 0.29) is 17.3 Å². The van der Waals surface area contributed by atoms with Gasteiger partial charge in [-0.1, -0.05) is 30.3 Å². The van der Waals surface area contributed by atoms with Gasteiger partial charge in [0.1, 0.15) is 17.5 Å². The largest absolute Gasteiger partial charge is 0.480 e. The zero-order chi connectivity index (χ0) is 22.1. The molecule has 2 heterocycles. The van der Waals surface area contributed by atoms with Gasteiger partial charge in [0.25, 0.3) is 0 Å². The molecular weight excluding hydrogens is 408 g/mol. The number of halogens is 2. The lowest BCUT2D eigenvalue weighted by atomic mass is 10.0. The van der Waals surface area contributed by atoms with Crippen molar-refractivity contribution in [2.24, 2.45) is 5.73 Å². The van der Waals surface area contributed by atoms with E-state index in [2.05, 4.69) is 20.5 Å². The Morgan fingerprint density at radius 3 is 2.55 bits per heavy atom. The summed E-state index contributed by atoms with van der Waals surface area (Å²) in [4.78, 5) is 15.2. The van der Waals surface area contributed by atoms with Crippen LogP contribution in [-0.2, 0) is 4.79 Å². The Kier molecular flexibility index (Phi) is 5.09. The van der Waals surface area contributed by atoms with Gasteiger partial charge in [0, 0.05) is 11.8 Å². The van der Waals surface area contributed by atoms with Gasteiger partial charge in [-0.05, 0) is 39.8 Å². The Hall–Kier alpha value is -4.25. The molecular formula is C20H15F2N7O2. The molecule has 156 valence electrons. The highest BCUT2D eigenvalue weighted by molar-refractivity contribution is 5.78. The topological polar surface area (TPSA) is 146 Å². The molecule has 4 aromatic rings. The van der Waals surface area contributed by atoms with E-state index < -0.39 is 23.6 Å². The van der Waals surface area contributed by atoms with Crippen LogP contribution in [0.15, 0.2) is 54.7 Å². The first kappa shape index (κ1) is 20.0. The first-order valence-electron chi connectivity index (χ1n) is 8.94. The molecule has 0 saturated carbocycles. The molecule has 31 heavy (non-hydrogen) atoms. The van der Waals surface area contributed by atoms with Gasteiger partial charge < -0.3 is 16.6 Å². The molecule has 0 bridgehead atoms. The molecule has 11 heteroatoms. The molecule has 0 aliphatic carbocycles. The van der Waals surface area contributed by atoms with Crippen molar-refractivity contribution in [2.75, 3.05) is 5.73 Å². The predicted molar refractivity (Wildman–Crippen MR) is 107 cm³/mol. The second-order valence-corrected chi connectivity index (χ2v) is 6.58. The fourth-order valence-corrected chi connectivity index (χ4v) is 3.01. The number of nitrogens with two attached hydrogens (primary N) is 2. The Balaban J connectivity index is 1.76. The van der Waals surface area contributed by atoms with Crippen LogP contribution in [-0.4, -0.2) is 36.3 Å². The lowest BCUT2D eigenvalue weighted by Crippen LogP contribution is -2.20. The maximum absolute atomic E-state index is 14.3.